The van der Waals surface area contributed by atoms with Gasteiger partial charge in [-0.3, -0.25) is 14.5 Å². The van der Waals surface area contributed by atoms with Crippen molar-refractivity contribution in [1.29, 1.82) is 0 Å². The van der Waals surface area contributed by atoms with Gasteiger partial charge in [-0.2, -0.15) is 10.1 Å². The number of aliphatic hydroxyl groups excluding tert-OH is 1. The highest BCUT2D eigenvalue weighted by molar-refractivity contribution is 5.74. The quantitative estimate of drug-likeness (QED) is 0.595. The minimum absolute atomic E-state index is 0.104. The summed E-state index contributed by atoms with van der Waals surface area (Å²) in [6.07, 6.45) is 0.302. The van der Waals surface area contributed by atoms with E-state index in [0.29, 0.717) is 11.3 Å². The second-order valence-electron chi connectivity index (χ2n) is 5.13. The Morgan fingerprint density at radius 2 is 2.24 bits per heavy atom. The maximum atomic E-state index is 12.3. The average molecular weight is 345 g/mol. The monoisotopic (exact) mass is 345 g/mol. The number of rotatable bonds is 5. The van der Waals surface area contributed by atoms with Crippen molar-refractivity contribution in [3.05, 3.63) is 45.9 Å². The van der Waals surface area contributed by atoms with Crippen LogP contribution < -0.4 is 20.8 Å². The lowest BCUT2D eigenvalue weighted by Crippen LogP contribution is -2.21. The largest absolute Gasteiger partial charge is 0.496 e. The molecule has 0 saturated carbocycles. The topological polar surface area (TPSA) is 145 Å². The van der Waals surface area contributed by atoms with Crippen LogP contribution in [0.1, 0.15) is 11.1 Å². The summed E-state index contributed by atoms with van der Waals surface area (Å²) in [6, 6.07) is 4.95. The van der Waals surface area contributed by atoms with Gasteiger partial charge in [0, 0.05) is 5.56 Å². The molecule has 0 bridgehead atoms. The summed E-state index contributed by atoms with van der Waals surface area (Å²) >= 11 is 0. The number of benzene rings is 1. The first kappa shape index (κ1) is 16.5. The zero-order valence-corrected chi connectivity index (χ0v) is 13.2. The normalized spacial score (nSPS) is 10.8. The molecule has 2 aromatic heterocycles. The van der Waals surface area contributed by atoms with Gasteiger partial charge < -0.3 is 20.3 Å². The van der Waals surface area contributed by atoms with E-state index in [1.165, 1.54) is 18.0 Å². The summed E-state index contributed by atoms with van der Waals surface area (Å²) in [4.78, 5) is 29.3. The molecule has 0 spiro atoms. The minimum atomic E-state index is -1.08. The molecule has 25 heavy (non-hydrogen) atoms. The number of nitrogens with one attached hydrogen (secondary N) is 1. The molecule has 130 valence electrons. The number of H-pyrrole nitrogens is 1. The molecule has 1 amide bonds. The van der Waals surface area contributed by atoms with Crippen LogP contribution in [0.15, 0.2) is 29.2 Å². The zero-order chi connectivity index (χ0) is 18.0. The van der Waals surface area contributed by atoms with Gasteiger partial charge in [0.1, 0.15) is 11.3 Å². The molecule has 0 aliphatic carbocycles. The number of amides is 1. The number of carbonyl (C=O) groups excluding carboxylic acids is 1. The molecule has 3 rings (SSSR count). The fourth-order valence-corrected chi connectivity index (χ4v) is 2.43. The standard InChI is InChI=1S/C15H15N5O5/c1-24-11-4-8(7-21)2-3-9(11)6-20-12-10(5-17-20)18-15(19-13(12)22)25-14(16)23/h2-5,21H,6-7H2,1H3,(H2,16,23)(H,18,19,22). The summed E-state index contributed by atoms with van der Waals surface area (Å²) in [5, 5.41) is 13.3. The third-order valence-corrected chi connectivity index (χ3v) is 3.53. The van der Waals surface area contributed by atoms with Crippen molar-refractivity contribution in [2.24, 2.45) is 5.73 Å². The lowest BCUT2D eigenvalue weighted by molar-refractivity contribution is 0.207. The Labute approximate surface area is 140 Å². The van der Waals surface area contributed by atoms with Crippen LogP contribution in [0.2, 0.25) is 0 Å². The smallest absolute Gasteiger partial charge is 0.412 e. The number of methoxy groups -OCH3 is 1. The molecule has 0 fully saturated rings. The highest BCUT2D eigenvalue weighted by Gasteiger charge is 2.14. The van der Waals surface area contributed by atoms with Gasteiger partial charge in [0.05, 0.1) is 26.5 Å². The number of primary amides is 1. The van der Waals surface area contributed by atoms with Crippen molar-refractivity contribution in [2.75, 3.05) is 7.11 Å². The summed E-state index contributed by atoms with van der Waals surface area (Å²) in [5.41, 5.74) is 6.32. The van der Waals surface area contributed by atoms with Gasteiger partial charge in [0.2, 0.25) is 0 Å². The van der Waals surface area contributed by atoms with E-state index >= 15 is 0 Å². The fourth-order valence-electron chi connectivity index (χ4n) is 2.43. The molecule has 0 aliphatic rings. The van der Waals surface area contributed by atoms with Crippen LogP contribution in [0.25, 0.3) is 11.0 Å². The Hall–Kier alpha value is -3.40. The van der Waals surface area contributed by atoms with Crippen molar-refractivity contribution in [2.45, 2.75) is 13.2 Å². The molecule has 0 atom stereocenters. The van der Waals surface area contributed by atoms with Crippen molar-refractivity contribution in [1.82, 2.24) is 19.7 Å². The van der Waals surface area contributed by atoms with Crippen LogP contribution in [0.4, 0.5) is 4.79 Å². The first-order valence-corrected chi connectivity index (χ1v) is 7.21. The van der Waals surface area contributed by atoms with E-state index in [1.54, 1.807) is 18.2 Å². The highest BCUT2D eigenvalue weighted by Crippen LogP contribution is 2.22. The van der Waals surface area contributed by atoms with Gasteiger partial charge in [-0.25, -0.2) is 4.79 Å². The Balaban J connectivity index is 2.00. The second-order valence-corrected chi connectivity index (χ2v) is 5.13. The molecule has 0 saturated heterocycles. The second kappa shape index (κ2) is 6.61. The number of hydrogen-bond donors (Lipinski definition) is 3. The Morgan fingerprint density at radius 3 is 2.92 bits per heavy atom. The molecular formula is C15H15N5O5. The SMILES string of the molecule is COc1cc(CO)ccc1Cn1ncc2nc(OC(N)=O)[nH]c(=O)c21. The van der Waals surface area contributed by atoms with E-state index < -0.39 is 11.7 Å². The van der Waals surface area contributed by atoms with E-state index in [-0.39, 0.29) is 30.2 Å². The van der Waals surface area contributed by atoms with Crippen LogP contribution in [-0.2, 0) is 13.2 Å². The Morgan fingerprint density at radius 1 is 1.44 bits per heavy atom. The van der Waals surface area contributed by atoms with Gasteiger partial charge in [-0.1, -0.05) is 12.1 Å². The van der Waals surface area contributed by atoms with E-state index in [1.807, 2.05) is 0 Å². The number of fused-ring (bicyclic) bond motifs is 1. The zero-order valence-electron chi connectivity index (χ0n) is 13.2. The van der Waals surface area contributed by atoms with E-state index in [9.17, 15) is 14.7 Å². The number of aromatic amines is 1. The fraction of sp³-hybridized carbons (Fsp3) is 0.200. The van der Waals surface area contributed by atoms with E-state index in [2.05, 4.69) is 19.8 Å². The maximum Gasteiger partial charge on any atom is 0.412 e. The van der Waals surface area contributed by atoms with Crippen LogP contribution in [0.5, 0.6) is 11.8 Å². The van der Waals surface area contributed by atoms with Gasteiger partial charge in [-0.05, 0) is 11.6 Å². The molecule has 0 unspecified atom stereocenters. The van der Waals surface area contributed by atoms with Crippen LogP contribution >= 0.6 is 0 Å². The van der Waals surface area contributed by atoms with Crippen LogP contribution in [0.3, 0.4) is 0 Å². The number of aromatic nitrogens is 4. The predicted molar refractivity (Wildman–Crippen MR) is 86.4 cm³/mol. The van der Waals surface area contributed by atoms with Gasteiger partial charge in [0.25, 0.3) is 5.56 Å². The number of aliphatic hydroxyl groups is 1. The average Bonchev–Trinajstić information content (AvgIpc) is 2.97. The van der Waals surface area contributed by atoms with Crippen LogP contribution in [-0.4, -0.2) is 38.1 Å². The molecule has 10 nitrogen and oxygen atoms in total. The Kier molecular flexibility index (Phi) is 4.35. The number of carbonyl (C=O) groups is 1. The molecule has 10 heteroatoms. The van der Waals surface area contributed by atoms with Crippen molar-refractivity contribution in [3.63, 3.8) is 0 Å². The van der Waals surface area contributed by atoms with Crippen molar-refractivity contribution in [3.8, 4) is 11.8 Å². The number of hydrogen-bond acceptors (Lipinski definition) is 7. The molecule has 3 aromatic rings. The minimum Gasteiger partial charge on any atom is -0.496 e. The summed E-state index contributed by atoms with van der Waals surface area (Å²) in [5.74, 6) is 0.563. The summed E-state index contributed by atoms with van der Waals surface area (Å²) in [6.45, 7) is 0.146. The lowest BCUT2D eigenvalue weighted by atomic mass is 10.1. The van der Waals surface area contributed by atoms with E-state index in [4.69, 9.17) is 10.5 Å². The number of nitrogens with two attached hydrogens (primary N) is 1. The first-order chi connectivity index (χ1) is 12.0. The number of nitrogens with zero attached hydrogens (tertiary/aromatic N) is 3. The maximum absolute atomic E-state index is 12.3. The van der Waals surface area contributed by atoms with Gasteiger partial charge in [0.15, 0.2) is 5.52 Å². The molecular weight excluding hydrogens is 330 g/mol. The summed E-state index contributed by atoms with van der Waals surface area (Å²) in [7, 11) is 1.52. The van der Waals surface area contributed by atoms with Crippen molar-refractivity contribution < 1.29 is 19.4 Å². The van der Waals surface area contributed by atoms with E-state index in [0.717, 1.165) is 5.56 Å². The highest BCUT2D eigenvalue weighted by atomic mass is 16.6. The molecule has 4 N–H and O–H groups in total. The molecule has 0 radical (unpaired) electrons. The molecule has 2 heterocycles. The third-order valence-electron chi connectivity index (χ3n) is 3.53. The Bertz CT molecular complexity index is 994. The lowest BCUT2D eigenvalue weighted by Gasteiger charge is -2.10. The van der Waals surface area contributed by atoms with Crippen molar-refractivity contribution >= 4 is 17.1 Å². The third kappa shape index (κ3) is 3.28. The van der Waals surface area contributed by atoms with Crippen LogP contribution in [0, 0.1) is 0 Å². The van der Waals surface area contributed by atoms with Gasteiger partial charge >= 0.3 is 12.1 Å². The predicted octanol–water partition coefficient (Wildman–Crippen LogP) is 0.126. The number of ether oxygens (including phenoxy) is 2. The molecule has 1 aromatic carbocycles. The first-order valence-electron chi connectivity index (χ1n) is 7.21. The summed E-state index contributed by atoms with van der Waals surface area (Å²) < 4.78 is 11.4. The van der Waals surface area contributed by atoms with Gasteiger partial charge in [-0.15, -0.1) is 0 Å². The molecule has 0 aliphatic heterocycles.